The molecule has 1 atom stereocenters. The van der Waals surface area contributed by atoms with Gasteiger partial charge < -0.3 is 14.8 Å². The third-order valence-corrected chi connectivity index (χ3v) is 3.71. The molecule has 0 amide bonds. The fourth-order valence-corrected chi connectivity index (χ4v) is 2.58. The van der Waals surface area contributed by atoms with Gasteiger partial charge in [-0.15, -0.1) is 0 Å². The van der Waals surface area contributed by atoms with Crippen LogP contribution in [0.2, 0.25) is 0 Å². The summed E-state index contributed by atoms with van der Waals surface area (Å²) in [5.41, 5.74) is 1.41. The second kappa shape index (κ2) is 7.14. The summed E-state index contributed by atoms with van der Waals surface area (Å²) in [7, 11) is 0. The number of rotatable bonds is 6. The Morgan fingerprint density at radius 1 is 0.952 bits per heavy atom. The molecule has 3 rings (SSSR count). The monoisotopic (exact) mass is 284 g/mol. The van der Waals surface area contributed by atoms with E-state index in [4.69, 9.17) is 9.47 Å². The lowest BCUT2D eigenvalue weighted by atomic mass is 10.1. The second-order valence-corrected chi connectivity index (χ2v) is 5.40. The van der Waals surface area contributed by atoms with E-state index in [1.54, 1.807) is 0 Å². The number of para-hydroxylation sites is 2. The van der Waals surface area contributed by atoms with Crippen LogP contribution in [0.3, 0.4) is 0 Å². The van der Waals surface area contributed by atoms with Crippen molar-refractivity contribution in [3.8, 4) is 11.5 Å². The fraction of sp³-hybridized carbons (Fsp3) is 0.333. The number of hydrogen-bond acceptors (Lipinski definition) is 2. The number of aryl methyl sites for hydroxylation is 1. The number of fused-ring (bicyclic) bond motifs is 1. The number of quaternary nitrogens is 1. The highest BCUT2D eigenvalue weighted by atomic mass is 16.6. The molecule has 1 aliphatic heterocycles. The fourth-order valence-electron chi connectivity index (χ4n) is 2.58. The molecule has 3 nitrogen and oxygen atoms in total. The van der Waals surface area contributed by atoms with E-state index < -0.39 is 0 Å². The van der Waals surface area contributed by atoms with Crippen molar-refractivity contribution in [2.45, 2.75) is 18.9 Å². The molecule has 0 radical (unpaired) electrons. The maximum atomic E-state index is 5.94. The highest BCUT2D eigenvalue weighted by Gasteiger charge is 2.21. The molecule has 1 heterocycles. The molecule has 0 aromatic heterocycles. The zero-order chi connectivity index (χ0) is 14.3. The first-order valence-electron chi connectivity index (χ1n) is 7.66. The van der Waals surface area contributed by atoms with Gasteiger partial charge >= 0.3 is 0 Å². The topological polar surface area (TPSA) is 35.1 Å². The first-order valence-corrected chi connectivity index (χ1v) is 7.66. The summed E-state index contributed by atoms with van der Waals surface area (Å²) in [5.74, 6) is 1.73. The Balaban J connectivity index is 1.35. The number of ether oxygens (including phenoxy) is 2. The quantitative estimate of drug-likeness (QED) is 0.824. The summed E-state index contributed by atoms with van der Waals surface area (Å²) in [6.45, 7) is 2.71. The van der Waals surface area contributed by atoms with Gasteiger partial charge in [-0.25, -0.2) is 0 Å². The molecule has 3 heteroatoms. The van der Waals surface area contributed by atoms with Crippen LogP contribution >= 0.6 is 0 Å². The van der Waals surface area contributed by atoms with Crippen LogP contribution < -0.4 is 14.8 Å². The molecule has 0 unspecified atom stereocenters. The Morgan fingerprint density at radius 2 is 1.71 bits per heavy atom. The molecule has 0 spiro atoms. The highest BCUT2D eigenvalue weighted by Crippen LogP contribution is 2.30. The molecular weight excluding hydrogens is 262 g/mol. The first-order chi connectivity index (χ1) is 10.4. The minimum Gasteiger partial charge on any atom is -0.486 e. The van der Waals surface area contributed by atoms with Crippen molar-refractivity contribution in [3.63, 3.8) is 0 Å². The summed E-state index contributed by atoms with van der Waals surface area (Å²) in [5, 5.41) is 2.32. The van der Waals surface area contributed by atoms with E-state index in [9.17, 15) is 0 Å². The van der Waals surface area contributed by atoms with Crippen molar-refractivity contribution in [3.05, 3.63) is 60.2 Å². The van der Waals surface area contributed by atoms with Gasteiger partial charge in [0, 0.05) is 6.42 Å². The van der Waals surface area contributed by atoms with Crippen LogP contribution in [0.25, 0.3) is 0 Å². The summed E-state index contributed by atoms with van der Waals surface area (Å²) in [4.78, 5) is 0. The average Bonchev–Trinajstić information content (AvgIpc) is 2.55. The summed E-state index contributed by atoms with van der Waals surface area (Å²) >= 11 is 0. The van der Waals surface area contributed by atoms with Gasteiger partial charge in [-0.3, -0.25) is 0 Å². The van der Waals surface area contributed by atoms with Crippen LogP contribution in [-0.4, -0.2) is 25.8 Å². The summed E-state index contributed by atoms with van der Waals surface area (Å²) < 4.78 is 11.7. The van der Waals surface area contributed by atoms with Gasteiger partial charge in [0.05, 0.1) is 6.54 Å². The molecule has 2 aromatic rings. The zero-order valence-corrected chi connectivity index (χ0v) is 12.2. The van der Waals surface area contributed by atoms with E-state index in [2.05, 4.69) is 35.6 Å². The minimum atomic E-state index is 0.150. The maximum Gasteiger partial charge on any atom is 0.181 e. The number of nitrogens with two attached hydrogens (primary N) is 1. The van der Waals surface area contributed by atoms with Gasteiger partial charge in [0.1, 0.15) is 13.2 Å². The molecule has 1 aliphatic rings. The van der Waals surface area contributed by atoms with Crippen molar-refractivity contribution >= 4 is 0 Å². The molecule has 0 saturated heterocycles. The molecule has 2 aromatic carbocycles. The van der Waals surface area contributed by atoms with Gasteiger partial charge in [-0.2, -0.15) is 0 Å². The molecular formula is C18H22NO2+. The Morgan fingerprint density at radius 3 is 2.57 bits per heavy atom. The Bertz CT molecular complexity index is 556. The van der Waals surface area contributed by atoms with E-state index in [1.165, 1.54) is 12.0 Å². The van der Waals surface area contributed by atoms with Crippen LogP contribution in [0.5, 0.6) is 11.5 Å². The lowest BCUT2D eigenvalue weighted by Gasteiger charge is -2.25. The van der Waals surface area contributed by atoms with Crippen LogP contribution in [0.4, 0.5) is 0 Å². The summed E-state index contributed by atoms with van der Waals surface area (Å²) in [6.07, 6.45) is 2.48. The van der Waals surface area contributed by atoms with Gasteiger partial charge in [0.25, 0.3) is 0 Å². The third kappa shape index (κ3) is 3.99. The predicted molar refractivity (Wildman–Crippen MR) is 82.8 cm³/mol. The zero-order valence-electron chi connectivity index (χ0n) is 12.2. The van der Waals surface area contributed by atoms with E-state index in [1.807, 2.05) is 24.3 Å². The van der Waals surface area contributed by atoms with Crippen molar-refractivity contribution in [1.82, 2.24) is 0 Å². The van der Waals surface area contributed by atoms with Crippen molar-refractivity contribution in [1.29, 1.82) is 0 Å². The molecule has 0 aliphatic carbocycles. The van der Waals surface area contributed by atoms with Crippen LogP contribution in [0, 0.1) is 0 Å². The van der Waals surface area contributed by atoms with Gasteiger partial charge in [-0.1, -0.05) is 42.5 Å². The largest absolute Gasteiger partial charge is 0.486 e. The number of benzene rings is 2. The van der Waals surface area contributed by atoms with Crippen LogP contribution in [0.1, 0.15) is 12.0 Å². The van der Waals surface area contributed by atoms with E-state index in [0.29, 0.717) is 6.61 Å². The summed E-state index contributed by atoms with van der Waals surface area (Å²) in [6, 6.07) is 18.5. The molecule has 0 fully saturated rings. The molecule has 110 valence electrons. The smallest absolute Gasteiger partial charge is 0.181 e. The molecule has 2 N–H and O–H groups in total. The standard InChI is InChI=1S/C18H21NO2/c1-2-7-15(8-3-1)9-6-12-19-13-16-14-20-17-10-4-5-11-18(17)21-16/h1-5,7-8,10-11,16,19H,6,9,12-14H2/p+1/t16-/m0/s1. The lowest BCUT2D eigenvalue weighted by Crippen LogP contribution is -2.87. The Kier molecular flexibility index (Phi) is 4.74. The van der Waals surface area contributed by atoms with Crippen molar-refractivity contribution in [2.75, 3.05) is 19.7 Å². The molecule has 21 heavy (non-hydrogen) atoms. The number of hydrogen-bond donors (Lipinski definition) is 1. The minimum absolute atomic E-state index is 0.150. The van der Waals surface area contributed by atoms with Gasteiger partial charge in [0.15, 0.2) is 17.6 Å². The predicted octanol–water partition coefficient (Wildman–Crippen LogP) is 2.02. The average molecular weight is 284 g/mol. The normalized spacial score (nSPS) is 16.7. The first kappa shape index (κ1) is 14.0. The SMILES string of the molecule is c1ccc(CCC[NH2+]C[C@H]2COc3ccccc3O2)cc1. The van der Waals surface area contributed by atoms with Gasteiger partial charge in [0.2, 0.25) is 0 Å². The maximum absolute atomic E-state index is 5.94. The van der Waals surface area contributed by atoms with Crippen molar-refractivity contribution in [2.24, 2.45) is 0 Å². The van der Waals surface area contributed by atoms with Gasteiger partial charge in [-0.05, 0) is 24.1 Å². The Hall–Kier alpha value is -2.00. The highest BCUT2D eigenvalue weighted by molar-refractivity contribution is 5.40. The third-order valence-electron chi connectivity index (χ3n) is 3.71. The van der Waals surface area contributed by atoms with E-state index in [-0.39, 0.29) is 6.10 Å². The molecule has 0 saturated carbocycles. The lowest BCUT2D eigenvalue weighted by molar-refractivity contribution is -0.660. The van der Waals surface area contributed by atoms with Crippen molar-refractivity contribution < 1.29 is 14.8 Å². The second-order valence-electron chi connectivity index (χ2n) is 5.40. The van der Waals surface area contributed by atoms with Crippen LogP contribution in [0.15, 0.2) is 54.6 Å². The van der Waals surface area contributed by atoms with E-state index in [0.717, 1.165) is 31.0 Å². The molecule has 0 bridgehead atoms. The van der Waals surface area contributed by atoms with E-state index >= 15 is 0 Å². The Labute approximate surface area is 125 Å². The van der Waals surface area contributed by atoms with Crippen LogP contribution in [-0.2, 0) is 6.42 Å².